The van der Waals surface area contributed by atoms with Crippen LogP contribution in [-0.4, -0.2) is 17.2 Å². The monoisotopic (exact) mass is 535 g/mol. The molecule has 0 bridgehead atoms. The van der Waals surface area contributed by atoms with Gasteiger partial charge in [0.1, 0.15) is 6.10 Å². The molecule has 7 unspecified atom stereocenters. The molecule has 8 atom stereocenters. The van der Waals surface area contributed by atoms with Crippen molar-refractivity contribution in [2.45, 2.75) is 111 Å². The lowest BCUT2D eigenvalue weighted by Crippen LogP contribution is -2.51. The number of fused-ring (bicyclic) bond motifs is 5. The Labute approximate surface area is 237 Å². The van der Waals surface area contributed by atoms with Gasteiger partial charge >= 0.3 is 6.40 Å². The predicted octanol–water partition coefficient (Wildman–Crippen LogP) is 8.45. The predicted molar refractivity (Wildman–Crippen MR) is 163 cm³/mol. The summed E-state index contributed by atoms with van der Waals surface area (Å²) in [5.74, 6) is 5.09. The third kappa shape index (κ3) is 5.44. The summed E-state index contributed by atoms with van der Waals surface area (Å²) in [6, 6.07) is 4.90. The lowest BCUT2D eigenvalue weighted by Gasteiger charge is -2.58. The maximum atomic E-state index is 12.6. The molecular formula is C34H53N3O2. The highest BCUT2D eigenvalue weighted by molar-refractivity contribution is 5.60. The Morgan fingerprint density at radius 1 is 1.00 bits per heavy atom. The van der Waals surface area contributed by atoms with Crippen LogP contribution in [0.3, 0.4) is 0 Å². The molecule has 216 valence electrons. The number of hydrogen-bond donors (Lipinski definition) is 2. The van der Waals surface area contributed by atoms with Gasteiger partial charge in [-0.3, -0.25) is 0 Å². The quantitative estimate of drug-likeness (QED) is 0.0665. The van der Waals surface area contributed by atoms with Crippen LogP contribution in [0.2, 0.25) is 0 Å². The number of hydrogen-bond acceptors (Lipinski definition) is 4. The average Bonchev–Trinajstić information content (AvgIpc) is 3.23. The highest BCUT2D eigenvalue weighted by atomic mass is 16.5. The summed E-state index contributed by atoms with van der Waals surface area (Å²) < 4.78 is 6.79. The third-order valence-electron chi connectivity index (χ3n) is 11.8. The van der Waals surface area contributed by atoms with Gasteiger partial charge in [-0.05, 0) is 97.3 Å². The van der Waals surface area contributed by atoms with E-state index >= 15 is 0 Å². The molecule has 3 fully saturated rings. The summed E-state index contributed by atoms with van der Waals surface area (Å²) in [7, 11) is 0. The zero-order valence-corrected chi connectivity index (χ0v) is 25.1. The molecule has 1 aromatic carbocycles. The molecule has 5 rings (SSSR count). The summed E-state index contributed by atoms with van der Waals surface area (Å²) in [5.41, 5.74) is 15.5. The standard InChI is InChI=1S/C34H53N3O2/c1-22(2)7-6-8-23(3)30-11-12-31-29-10-9-24-17-28(13-15-33(24,4)32(29)14-16-34(30,31)5)39-21-37(38)27-19-25(35)18-26(36)20-27/h9,18-23,28-32H,6-8,10-17,35-36H2,1-5H3/b37-21-/t23?,28?,29?,30?,31-,32?,33?,34?/m0/s1. The molecule has 4 aliphatic rings. The highest BCUT2D eigenvalue weighted by Crippen LogP contribution is 2.67. The highest BCUT2D eigenvalue weighted by Gasteiger charge is 2.59. The second-order valence-electron chi connectivity index (χ2n) is 14.6. The Hall–Kier alpha value is -2.17. The molecule has 0 aromatic heterocycles. The second kappa shape index (κ2) is 11.0. The van der Waals surface area contributed by atoms with Gasteiger partial charge in [0.15, 0.2) is 0 Å². The molecule has 0 saturated heterocycles. The number of nitrogens with two attached hydrogens (primary N) is 2. The van der Waals surface area contributed by atoms with Crippen LogP contribution in [0.1, 0.15) is 105 Å². The minimum atomic E-state index is 0.0483. The van der Waals surface area contributed by atoms with E-state index in [4.69, 9.17) is 16.2 Å². The van der Waals surface area contributed by atoms with E-state index in [0.717, 1.165) is 59.5 Å². The third-order valence-corrected chi connectivity index (χ3v) is 11.8. The average molecular weight is 536 g/mol. The van der Waals surface area contributed by atoms with Gasteiger partial charge in [-0.25, -0.2) is 0 Å². The van der Waals surface area contributed by atoms with Crippen LogP contribution >= 0.6 is 0 Å². The summed E-state index contributed by atoms with van der Waals surface area (Å²) in [4.78, 5) is 0. The van der Waals surface area contributed by atoms with Crippen molar-refractivity contribution in [2.75, 3.05) is 11.5 Å². The molecule has 0 aliphatic heterocycles. The van der Waals surface area contributed by atoms with Gasteiger partial charge in [-0.2, -0.15) is 0 Å². The van der Waals surface area contributed by atoms with E-state index in [1.807, 2.05) is 0 Å². The Morgan fingerprint density at radius 2 is 1.74 bits per heavy atom. The van der Waals surface area contributed by atoms with Gasteiger partial charge in [-0.1, -0.05) is 65.5 Å². The van der Waals surface area contributed by atoms with Crippen LogP contribution in [0, 0.1) is 51.5 Å². The minimum Gasteiger partial charge on any atom is -0.616 e. The van der Waals surface area contributed by atoms with Crippen LogP contribution < -0.4 is 11.5 Å². The fourth-order valence-electron chi connectivity index (χ4n) is 9.76. The Kier molecular flexibility index (Phi) is 8.01. The van der Waals surface area contributed by atoms with Crippen molar-refractivity contribution < 1.29 is 9.48 Å². The first-order valence-corrected chi connectivity index (χ1v) is 15.8. The lowest BCUT2D eigenvalue weighted by molar-refractivity contribution is -0.367. The fourth-order valence-corrected chi connectivity index (χ4v) is 9.76. The van der Waals surface area contributed by atoms with E-state index in [0.29, 0.717) is 22.5 Å². The van der Waals surface area contributed by atoms with Gasteiger partial charge in [-0.15, -0.1) is 4.74 Å². The van der Waals surface area contributed by atoms with Crippen LogP contribution in [-0.2, 0) is 4.74 Å². The largest absolute Gasteiger partial charge is 0.616 e. The Balaban J connectivity index is 1.24. The lowest BCUT2D eigenvalue weighted by atomic mass is 9.47. The van der Waals surface area contributed by atoms with Crippen LogP contribution in [0.4, 0.5) is 17.1 Å². The minimum absolute atomic E-state index is 0.0483. The molecule has 1 aromatic rings. The Bertz CT molecular complexity index is 1080. The summed E-state index contributed by atoms with van der Waals surface area (Å²) in [6.07, 6.45) is 18.1. The molecule has 3 saturated carbocycles. The topological polar surface area (TPSA) is 87.3 Å². The SMILES string of the molecule is CC(C)CCCC(C)C1CC[C@H]2C3CC=C4CC(O/C=[N+](\[O-])c5cc(N)cc(N)c5)CCC4(C)C3CCC12C. The van der Waals surface area contributed by atoms with Crippen molar-refractivity contribution in [1.82, 2.24) is 0 Å². The number of benzene rings is 1. The van der Waals surface area contributed by atoms with E-state index in [1.54, 1.807) is 23.8 Å². The normalized spacial score (nSPS) is 37.0. The molecule has 4 aliphatic carbocycles. The number of rotatable bonds is 8. The smallest absolute Gasteiger partial charge is 0.341 e. The molecule has 0 radical (unpaired) electrons. The van der Waals surface area contributed by atoms with Crippen molar-refractivity contribution >= 4 is 23.5 Å². The number of nitrogen functional groups attached to an aromatic ring is 2. The van der Waals surface area contributed by atoms with Crippen LogP contribution in [0.25, 0.3) is 0 Å². The van der Waals surface area contributed by atoms with Crippen LogP contribution in [0.5, 0.6) is 0 Å². The number of ether oxygens (including phenoxy) is 1. The van der Waals surface area contributed by atoms with E-state index in [2.05, 4.69) is 40.7 Å². The first kappa shape index (κ1) is 28.4. The maximum absolute atomic E-state index is 12.6. The molecule has 4 N–H and O–H groups in total. The van der Waals surface area contributed by atoms with E-state index < -0.39 is 0 Å². The maximum Gasteiger partial charge on any atom is 0.341 e. The van der Waals surface area contributed by atoms with Gasteiger partial charge < -0.3 is 21.4 Å². The fraction of sp³-hybridized carbons (Fsp3) is 0.735. The first-order chi connectivity index (χ1) is 18.5. The van der Waals surface area contributed by atoms with Crippen molar-refractivity contribution in [3.8, 4) is 0 Å². The zero-order chi connectivity index (χ0) is 27.9. The van der Waals surface area contributed by atoms with Gasteiger partial charge in [0, 0.05) is 29.9 Å². The molecule has 0 heterocycles. The molecule has 5 heteroatoms. The van der Waals surface area contributed by atoms with Gasteiger partial charge in [0.05, 0.1) is 0 Å². The zero-order valence-electron chi connectivity index (χ0n) is 25.1. The van der Waals surface area contributed by atoms with E-state index in [-0.39, 0.29) is 11.5 Å². The van der Waals surface area contributed by atoms with Crippen LogP contribution in [0.15, 0.2) is 29.8 Å². The number of anilines is 2. The summed E-state index contributed by atoms with van der Waals surface area (Å²) in [6.45, 7) is 12.5. The Morgan fingerprint density at radius 3 is 2.46 bits per heavy atom. The summed E-state index contributed by atoms with van der Waals surface area (Å²) in [5, 5.41) is 12.6. The molecule has 5 nitrogen and oxygen atoms in total. The van der Waals surface area contributed by atoms with Crippen molar-refractivity contribution in [3.05, 3.63) is 35.1 Å². The molecule has 0 spiro atoms. The van der Waals surface area contributed by atoms with E-state index in [1.165, 1.54) is 57.8 Å². The molecule has 39 heavy (non-hydrogen) atoms. The van der Waals surface area contributed by atoms with Crippen molar-refractivity contribution in [3.63, 3.8) is 0 Å². The molecule has 0 amide bonds. The van der Waals surface area contributed by atoms with Gasteiger partial charge in [0.25, 0.3) is 0 Å². The van der Waals surface area contributed by atoms with Crippen molar-refractivity contribution in [1.29, 1.82) is 0 Å². The summed E-state index contributed by atoms with van der Waals surface area (Å²) >= 11 is 0. The van der Waals surface area contributed by atoms with Crippen molar-refractivity contribution in [2.24, 2.45) is 46.3 Å². The molecular weight excluding hydrogens is 482 g/mol. The second-order valence-corrected chi connectivity index (χ2v) is 14.6. The number of allylic oxidation sites excluding steroid dienone is 1. The van der Waals surface area contributed by atoms with E-state index in [9.17, 15) is 5.21 Å². The number of nitrogens with zero attached hydrogens (tertiary/aromatic N) is 1. The van der Waals surface area contributed by atoms with Gasteiger partial charge in [0.2, 0.25) is 5.69 Å². The first-order valence-electron chi connectivity index (χ1n) is 15.8.